The van der Waals surface area contributed by atoms with E-state index in [0.29, 0.717) is 18.3 Å². The minimum absolute atomic E-state index is 0.0285. The minimum Gasteiger partial charge on any atom is -0.359 e. The maximum atomic E-state index is 11.6. The Morgan fingerprint density at radius 1 is 1.45 bits per heavy atom. The van der Waals surface area contributed by atoms with Crippen LogP contribution in [0, 0.1) is 0 Å². The van der Waals surface area contributed by atoms with Gasteiger partial charge in [0.2, 0.25) is 5.91 Å². The van der Waals surface area contributed by atoms with E-state index in [-0.39, 0.29) is 12.5 Å². The lowest BCUT2D eigenvalue weighted by atomic mass is 10.1. The predicted molar refractivity (Wildman–Crippen MR) is 78.9 cm³/mol. The van der Waals surface area contributed by atoms with Crippen LogP contribution in [0.5, 0.6) is 0 Å². The number of rotatable bonds is 6. The van der Waals surface area contributed by atoms with E-state index in [0.717, 1.165) is 17.6 Å². The third-order valence-electron chi connectivity index (χ3n) is 2.99. The van der Waals surface area contributed by atoms with Crippen LogP contribution in [0.25, 0.3) is 5.52 Å². The molecular weight excluding hydrogens is 254 g/mol. The maximum Gasteiger partial charge on any atom is 0.239 e. The molecule has 0 bridgehead atoms. The van der Waals surface area contributed by atoms with Gasteiger partial charge in [-0.1, -0.05) is 20.8 Å². The van der Waals surface area contributed by atoms with E-state index in [9.17, 15) is 4.79 Å². The first-order valence-electron chi connectivity index (χ1n) is 6.96. The monoisotopic (exact) mass is 275 g/mol. The van der Waals surface area contributed by atoms with Crippen molar-refractivity contribution < 1.29 is 4.79 Å². The molecule has 1 amide bonds. The van der Waals surface area contributed by atoms with Crippen LogP contribution in [-0.4, -0.2) is 33.6 Å². The molecule has 2 rings (SSSR count). The molecule has 0 fully saturated rings. The van der Waals surface area contributed by atoms with Gasteiger partial charge in [-0.2, -0.15) is 5.10 Å². The van der Waals surface area contributed by atoms with Gasteiger partial charge < -0.3 is 10.6 Å². The Bertz CT molecular complexity index is 590. The number of hydrogen-bond donors (Lipinski definition) is 2. The van der Waals surface area contributed by atoms with E-state index in [4.69, 9.17) is 0 Å². The minimum atomic E-state index is -0.0285. The zero-order chi connectivity index (χ0) is 14.5. The van der Waals surface area contributed by atoms with Crippen LogP contribution in [-0.2, 0) is 4.79 Å². The van der Waals surface area contributed by atoms with Crippen LogP contribution < -0.4 is 10.6 Å². The van der Waals surface area contributed by atoms with E-state index in [1.54, 1.807) is 10.7 Å². The lowest BCUT2D eigenvalue weighted by Crippen LogP contribution is -2.30. The Kier molecular flexibility index (Phi) is 4.55. The highest BCUT2D eigenvalue weighted by Crippen LogP contribution is 2.19. The summed E-state index contributed by atoms with van der Waals surface area (Å²) in [4.78, 5) is 15.9. The van der Waals surface area contributed by atoms with Crippen molar-refractivity contribution in [3.05, 3.63) is 24.2 Å². The van der Waals surface area contributed by atoms with Crippen LogP contribution in [0.15, 0.2) is 18.5 Å². The smallest absolute Gasteiger partial charge is 0.239 e. The molecule has 2 aromatic heterocycles. The molecule has 0 atom stereocenters. The maximum absolute atomic E-state index is 11.6. The molecule has 6 nitrogen and oxygen atoms in total. The number of anilines is 1. The summed E-state index contributed by atoms with van der Waals surface area (Å²) in [7, 11) is 0. The van der Waals surface area contributed by atoms with Crippen LogP contribution in [0.3, 0.4) is 0 Å². The third kappa shape index (κ3) is 3.26. The van der Waals surface area contributed by atoms with Crippen molar-refractivity contribution in [3.63, 3.8) is 0 Å². The Balaban J connectivity index is 2.11. The molecule has 6 heteroatoms. The summed E-state index contributed by atoms with van der Waals surface area (Å²) in [6.45, 7) is 7.13. The van der Waals surface area contributed by atoms with Crippen LogP contribution in [0.4, 0.5) is 5.82 Å². The average Bonchev–Trinajstić information content (AvgIpc) is 2.87. The predicted octanol–water partition coefficient (Wildman–Crippen LogP) is 1.79. The number of nitrogens with zero attached hydrogens (tertiary/aromatic N) is 3. The molecule has 0 aliphatic carbocycles. The Hall–Kier alpha value is -2.11. The van der Waals surface area contributed by atoms with Gasteiger partial charge in [0, 0.05) is 18.9 Å². The number of nitrogens with one attached hydrogen (secondary N) is 2. The normalized spacial score (nSPS) is 11.0. The second kappa shape index (κ2) is 6.36. The number of fused-ring (bicyclic) bond motifs is 1. The van der Waals surface area contributed by atoms with Crippen molar-refractivity contribution in [1.82, 2.24) is 19.9 Å². The van der Waals surface area contributed by atoms with Gasteiger partial charge >= 0.3 is 0 Å². The van der Waals surface area contributed by atoms with Gasteiger partial charge in [0.1, 0.15) is 5.52 Å². The second-order valence-electron chi connectivity index (χ2n) is 5.03. The fourth-order valence-electron chi connectivity index (χ4n) is 1.85. The number of aromatic nitrogens is 3. The fourth-order valence-corrected chi connectivity index (χ4v) is 1.85. The van der Waals surface area contributed by atoms with E-state index in [1.807, 2.05) is 19.2 Å². The van der Waals surface area contributed by atoms with Crippen molar-refractivity contribution in [1.29, 1.82) is 0 Å². The lowest BCUT2D eigenvalue weighted by Gasteiger charge is -2.07. The molecule has 0 spiro atoms. The summed E-state index contributed by atoms with van der Waals surface area (Å²) in [5.41, 5.74) is 1.90. The van der Waals surface area contributed by atoms with E-state index in [1.165, 1.54) is 0 Å². The summed E-state index contributed by atoms with van der Waals surface area (Å²) in [5.74, 6) is 1.01. The lowest BCUT2D eigenvalue weighted by molar-refractivity contribution is -0.119. The zero-order valence-corrected chi connectivity index (χ0v) is 12.2. The molecular formula is C14H21N5O. The number of carbonyl (C=O) groups excluding carboxylic acids is 1. The molecule has 2 N–H and O–H groups in total. The highest BCUT2D eigenvalue weighted by Gasteiger charge is 2.10. The SMILES string of the molecule is CCCNC(=O)CNc1nccn2nc(C(C)C)cc12. The van der Waals surface area contributed by atoms with Crippen LogP contribution >= 0.6 is 0 Å². The summed E-state index contributed by atoms with van der Waals surface area (Å²) in [5, 5.41) is 10.4. The van der Waals surface area contributed by atoms with Crippen molar-refractivity contribution in [2.45, 2.75) is 33.1 Å². The quantitative estimate of drug-likeness (QED) is 0.843. The van der Waals surface area contributed by atoms with Crippen molar-refractivity contribution in [2.75, 3.05) is 18.4 Å². The Morgan fingerprint density at radius 2 is 2.25 bits per heavy atom. The molecule has 0 aliphatic rings. The van der Waals surface area contributed by atoms with Crippen LogP contribution in [0.2, 0.25) is 0 Å². The zero-order valence-electron chi connectivity index (χ0n) is 12.2. The van der Waals surface area contributed by atoms with Gasteiger partial charge in [-0.15, -0.1) is 0 Å². The summed E-state index contributed by atoms with van der Waals surface area (Å²) >= 11 is 0. The molecule has 2 heterocycles. The Morgan fingerprint density at radius 3 is 2.95 bits per heavy atom. The molecule has 20 heavy (non-hydrogen) atoms. The third-order valence-corrected chi connectivity index (χ3v) is 2.99. The summed E-state index contributed by atoms with van der Waals surface area (Å²) in [6.07, 6.45) is 4.42. The largest absolute Gasteiger partial charge is 0.359 e. The molecule has 0 saturated heterocycles. The second-order valence-corrected chi connectivity index (χ2v) is 5.03. The van der Waals surface area contributed by atoms with Crippen molar-refractivity contribution in [2.24, 2.45) is 0 Å². The number of carbonyl (C=O) groups is 1. The molecule has 108 valence electrons. The molecule has 0 saturated carbocycles. The summed E-state index contributed by atoms with van der Waals surface area (Å²) < 4.78 is 1.79. The Labute approximate surface area is 118 Å². The fraction of sp³-hybridized carbons (Fsp3) is 0.500. The van der Waals surface area contributed by atoms with Gasteiger partial charge in [-0.25, -0.2) is 9.50 Å². The van der Waals surface area contributed by atoms with E-state index in [2.05, 4.69) is 34.6 Å². The summed E-state index contributed by atoms with van der Waals surface area (Å²) in [6, 6.07) is 2.00. The molecule has 0 radical (unpaired) electrons. The number of hydrogen-bond acceptors (Lipinski definition) is 4. The van der Waals surface area contributed by atoms with Crippen LogP contribution in [0.1, 0.15) is 38.8 Å². The first kappa shape index (κ1) is 14.3. The first-order chi connectivity index (χ1) is 9.61. The molecule has 0 aliphatic heterocycles. The standard InChI is InChI=1S/C14H21N5O/c1-4-5-15-13(20)9-17-14-12-8-11(10(2)3)18-19(12)7-6-16-14/h6-8,10H,4-5,9H2,1-3H3,(H,15,20)(H,16,17). The highest BCUT2D eigenvalue weighted by molar-refractivity contribution is 5.82. The van der Waals surface area contributed by atoms with Gasteiger partial charge in [-0.3, -0.25) is 4.79 Å². The molecule has 0 aromatic carbocycles. The number of amides is 1. The molecule has 2 aromatic rings. The van der Waals surface area contributed by atoms with E-state index >= 15 is 0 Å². The molecule has 0 unspecified atom stereocenters. The van der Waals surface area contributed by atoms with Gasteiger partial charge in [-0.05, 0) is 18.4 Å². The topological polar surface area (TPSA) is 71.3 Å². The average molecular weight is 275 g/mol. The van der Waals surface area contributed by atoms with Gasteiger partial charge in [0.05, 0.1) is 12.2 Å². The van der Waals surface area contributed by atoms with E-state index < -0.39 is 0 Å². The van der Waals surface area contributed by atoms with Gasteiger partial charge in [0.25, 0.3) is 0 Å². The van der Waals surface area contributed by atoms with Crippen molar-refractivity contribution in [3.8, 4) is 0 Å². The first-order valence-corrected chi connectivity index (χ1v) is 6.96. The highest BCUT2D eigenvalue weighted by atomic mass is 16.1. The van der Waals surface area contributed by atoms with Crippen molar-refractivity contribution >= 4 is 17.2 Å². The van der Waals surface area contributed by atoms with Gasteiger partial charge in [0.15, 0.2) is 5.82 Å².